The number of fused-ring (bicyclic) bond motifs is 3. The van der Waals surface area contributed by atoms with E-state index in [2.05, 4.69) is 36.3 Å². The van der Waals surface area contributed by atoms with Crippen molar-refractivity contribution in [3.05, 3.63) is 35.0 Å². The Morgan fingerprint density at radius 1 is 1.29 bits per heavy atom. The second kappa shape index (κ2) is 7.10. The molecule has 0 bridgehead atoms. The number of ketones is 1. The third kappa shape index (κ3) is 3.56. The first kappa shape index (κ1) is 17.2. The summed E-state index contributed by atoms with van der Waals surface area (Å²) in [6, 6.07) is 6.15. The number of benzene rings is 1. The van der Waals surface area contributed by atoms with Gasteiger partial charge < -0.3 is 10.3 Å². The first-order valence-corrected chi connectivity index (χ1v) is 9.34. The molecule has 3 nitrogen and oxygen atoms in total. The van der Waals surface area contributed by atoms with Crippen molar-refractivity contribution < 1.29 is 4.79 Å². The van der Waals surface area contributed by atoms with Crippen LogP contribution < -0.4 is 5.32 Å². The highest BCUT2D eigenvalue weighted by Crippen LogP contribution is 2.32. The zero-order valence-electron chi connectivity index (χ0n) is 15.4. The van der Waals surface area contributed by atoms with Crippen molar-refractivity contribution in [3.63, 3.8) is 0 Å². The molecule has 0 saturated carbocycles. The number of aromatic amines is 1. The van der Waals surface area contributed by atoms with E-state index in [1.807, 2.05) is 19.9 Å². The molecule has 0 radical (unpaired) electrons. The van der Waals surface area contributed by atoms with Gasteiger partial charge >= 0.3 is 0 Å². The van der Waals surface area contributed by atoms with Crippen LogP contribution in [0.1, 0.15) is 55.7 Å². The summed E-state index contributed by atoms with van der Waals surface area (Å²) in [4.78, 5) is 15.9. The number of Topliss-reactive ketones (excluding diaryl/α,β-unsaturated/α-hetero) is 1. The molecule has 1 atom stereocenters. The van der Waals surface area contributed by atoms with Crippen molar-refractivity contribution in [2.75, 3.05) is 13.1 Å². The standard InChI is InChI=1S/C21H30N2O/c1-13(2)11-22-12-15-5-7-19-17(9-15)18-10-16(21(24)14(3)4)6-8-20(18)23-19/h6,8,10,13-15,22-23H,5,7,9,11-12H2,1-4H3. The predicted octanol–water partition coefficient (Wildman–Crippen LogP) is 4.36. The van der Waals surface area contributed by atoms with Crippen LogP contribution in [0.4, 0.5) is 0 Å². The number of aromatic nitrogens is 1. The molecule has 1 aliphatic rings. The van der Waals surface area contributed by atoms with Crippen LogP contribution in [0.3, 0.4) is 0 Å². The lowest BCUT2D eigenvalue weighted by Gasteiger charge is -2.23. The predicted molar refractivity (Wildman–Crippen MR) is 101 cm³/mol. The molecule has 1 aromatic carbocycles. The van der Waals surface area contributed by atoms with E-state index in [0.717, 1.165) is 31.5 Å². The van der Waals surface area contributed by atoms with E-state index < -0.39 is 0 Å². The second-order valence-electron chi connectivity index (χ2n) is 8.02. The maximum absolute atomic E-state index is 12.3. The fourth-order valence-electron chi connectivity index (χ4n) is 3.73. The molecule has 0 saturated heterocycles. The monoisotopic (exact) mass is 326 g/mol. The number of H-pyrrole nitrogens is 1. The Labute approximate surface area is 145 Å². The number of hydrogen-bond donors (Lipinski definition) is 2. The van der Waals surface area contributed by atoms with Crippen LogP contribution in [-0.2, 0) is 12.8 Å². The lowest BCUT2D eigenvalue weighted by atomic mass is 9.86. The molecule has 0 aliphatic heterocycles. The maximum Gasteiger partial charge on any atom is 0.165 e. The van der Waals surface area contributed by atoms with Crippen LogP contribution in [0.2, 0.25) is 0 Å². The Morgan fingerprint density at radius 3 is 2.79 bits per heavy atom. The third-order valence-electron chi connectivity index (χ3n) is 5.08. The summed E-state index contributed by atoms with van der Waals surface area (Å²) in [7, 11) is 0. The maximum atomic E-state index is 12.3. The Kier molecular flexibility index (Phi) is 5.09. The zero-order chi connectivity index (χ0) is 17.3. The average molecular weight is 326 g/mol. The van der Waals surface area contributed by atoms with Gasteiger partial charge in [0, 0.05) is 28.1 Å². The molecule has 0 amide bonds. The fraction of sp³-hybridized carbons (Fsp3) is 0.571. The molecule has 2 aromatic rings. The Morgan fingerprint density at radius 2 is 2.08 bits per heavy atom. The van der Waals surface area contributed by atoms with Crippen LogP contribution in [0.15, 0.2) is 18.2 Å². The SMILES string of the molecule is CC(C)CNCC1CCc2[nH]c3ccc(C(=O)C(C)C)cc3c2C1. The Bertz CT molecular complexity index is 727. The lowest BCUT2D eigenvalue weighted by molar-refractivity contribution is 0.0939. The highest BCUT2D eigenvalue weighted by molar-refractivity contribution is 6.01. The van der Waals surface area contributed by atoms with Gasteiger partial charge in [-0.05, 0) is 68.0 Å². The first-order valence-electron chi connectivity index (χ1n) is 9.34. The highest BCUT2D eigenvalue weighted by atomic mass is 16.1. The summed E-state index contributed by atoms with van der Waals surface area (Å²) in [5.41, 5.74) is 4.83. The van der Waals surface area contributed by atoms with E-state index in [1.54, 1.807) is 0 Å². The quantitative estimate of drug-likeness (QED) is 0.775. The highest BCUT2D eigenvalue weighted by Gasteiger charge is 2.23. The Balaban J connectivity index is 1.82. The summed E-state index contributed by atoms with van der Waals surface area (Å²) >= 11 is 0. The van der Waals surface area contributed by atoms with Crippen molar-refractivity contribution in [2.24, 2.45) is 17.8 Å². The van der Waals surface area contributed by atoms with Crippen molar-refractivity contribution in [1.82, 2.24) is 10.3 Å². The van der Waals surface area contributed by atoms with E-state index in [9.17, 15) is 4.79 Å². The van der Waals surface area contributed by atoms with E-state index in [-0.39, 0.29) is 11.7 Å². The van der Waals surface area contributed by atoms with Crippen molar-refractivity contribution in [1.29, 1.82) is 0 Å². The molecule has 130 valence electrons. The number of nitrogens with one attached hydrogen (secondary N) is 2. The number of carbonyl (C=O) groups is 1. The van der Waals surface area contributed by atoms with Gasteiger partial charge in [-0.15, -0.1) is 0 Å². The van der Waals surface area contributed by atoms with Crippen molar-refractivity contribution in [2.45, 2.75) is 47.0 Å². The van der Waals surface area contributed by atoms with E-state index in [1.165, 1.54) is 28.6 Å². The fourth-order valence-corrected chi connectivity index (χ4v) is 3.73. The number of carbonyl (C=O) groups excluding carboxylic acids is 1. The smallest absolute Gasteiger partial charge is 0.165 e. The lowest BCUT2D eigenvalue weighted by Crippen LogP contribution is -2.29. The van der Waals surface area contributed by atoms with Crippen molar-refractivity contribution in [3.8, 4) is 0 Å². The number of rotatable bonds is 6. The minimum atomic E-state index is 0.0465. The molecule has 0 spiro atoms. The average Bonchev–Trinajstić information content (AvgIpc) is 2.91. The summed E-state index contributed by atoms with van der Waals surface area (Å²) in [6.07, 6.45) is 3.47. The van der Waals surface area contributed by atoms with Crippen LogP contribution in [0.25, 0.3) is 10.9 Å². The zero-order valence-corrected chi connectivity index (χ0v) is 15.4. The van der Waals surface area contributed by atoms with Gasteiger partial charge in [0.1, 0.15) is 0 Å². The van der Waals surface area contributed by atoms with Crippen LogP contribution in [0.5, 0.6) is 0 Å². The van der Waals surface area contributed by atoms with Gasteiger partial charge in [0.05, 0.1) is 0 Å². The normalized spacial score (nSPS) is 17.7. The van der Waals surface area contributed by atoms with Gasteiger partial charge in [-0.2, -0.15) is 0 Å². The summed E-state index contributed by atoms with van der Waals surface area (Å²) in [5, 5.41) is 4.86. The third-order valence-corrected chi connectivity index (χ3v) is 5.08. The van der Waals surface area contributed by atoms with Gasteiger partial charge in [0.25, 0.3) is 0 Å². The molecule has 3 heteroatoms. The van der Waals surface area contributed by atoms with Crippen molar-refractivity contribution >= 4 is 16.7 Å². The molecule has 0 fully saturated rings. The van der Waals surface area contributed by atoms with Gasteiger partial charge in [-0.25, -0.2) is 0 Å². The minimum absolute atomic E-state index is 0.0465. The number of aryl methyl sites for hydroxylation is 1. The van der Waals surface area contributed by atoms with Gasteiger partial charge in [-0.1, -0.05) is 27.7 Å². The van der Waals surface area contributed by atoms with Gasteiger partial charge in [-0.3, -0.25) is 4.79 Å². The summed E-state index contributed by atoms with van der Waals surface area (Å²) in [5.74, 6) is 1.67. The summed E-state index contributed by atoms with van der Waals surface area (Å²) in [6.45, 7) is 10.6. The topological polar surface area (TPSA) is 44.9 Å². The minimum Gasteiger partial charge on any atom is -0.358 e. The largest absolute Gasteiger partial charge is 0.358 e. The van der Waals surface area contributed by atoms with E-state index in [0.29, 0.717) is 11.8 Å². The van der Waals surface area contributed by atoms with E-state index >= 15 is 0 Å². The Hall–Kier alpha value is -1.61. The molecule has 1 unspecified atom stereocenters. The summed E-state index contributed by atoms with van der Waals surface area (Å²) < 4.78 is 0. The van der Waals surface area contributed by atoms with Gasteiger partial charge in [0.2, 0.25) is 0 Å². The molecule has 24 heavy (non-hydrogen) atoms. The molecule has 3 rings (SSSR count). The molecule has 1 heterocycles. The van der Waals surface area contributed by atoms with E-state index in [4.69, 9.17) is 0 Å². The molecule has 2 N–H and O–H groups in total. The van der Waals surface area contributed by atoms with Crippen LogP contribution in [0, 0.1) is 17.8 Å². The molecule has 1 aliphatic carbocycles. The number of hydrogen-bond acceptors (Lipinski definition) is 2. The second-order valence-corrected chi connectivity index (χ2v) is 8.02. The first-order chi connectivity index (χ1) is 11.5. The van der Waals surface area contributed by atoms with Crippen LogP contribution in [-0.4, -0.2) is 23.9 Å². The van der Waals surface area contributed by atoms with Crippen LogP contribution >= 0.6 is 0 Å². The molecule has 1 aromatic heterocycles. The molecular formula is C21H30N2O. The van der Waals surface area contributed by atoms with Gasteiger partial charge in [0.15, 0.2) is 5.78 Å². The molecular weight excluding hydrogens is 296 g/mol.